The molecule has 0 saturated heterocycles. The van der Waals surface area contributed by atoms with Gasteiger partial charge in [-0.2, -0.15) is 4.98 Å². The molecule has 0 aliphatic heterocycles. The highest BCUT2D eigenvalue weighted by Crippen LogP contribution is 2.20. The van der Waals surface area contributed by atoms with E-state index in [0.717, 1.165) is 17.0 Å². The van der Waals surface area contributed by atoms with Gasteiger partial charge in [-0.25, -0.2) is 9.37 Å². The average Bonchev–Trinajstić information content (AvgIpc) is 2.60. The van der Waals surface area contributed by atoms with Crippen molar-refractivity contribution < 1.29 is 4.39 Å². The number of pyridine rings is 1. The molecule has 1 aromatic carbocycles. The van der Waals surface area contributed by atoms with Gasteiger partial charge in [-0.15, -0.1) is 0 Å². The summed E-state index contributed by atoms with van der Waals surface area (Å²) in [4.78, 5) is 13.4. The molecule has 0 bridgehead atoms. The monoisotopic (exact) mass is 337 g/mol. The van der Waals surface area contributed by atoms with Crippen molar-refractivity contribution in [2.45, 2.75) is 26.4 Å². The summed E-state index contributed by atoms with van der Waals surface area (Å²) < 4.78 is 13.3. The van der Waals surface area contributed by atoms with Crippen LogP contribution in [0.5, 0.6) is 0 Å². The Morgan fingerprint density at radius 1 is 1.00 bits per heavy atom. The van der Waals surface area contributed by atoms with Crippen molar-refractivity contribution in [1.29, 1.82) is 0 Å². The van der Waals surface area contributed by atoms with Crippen LogP contribution >= 0.6 is 0 Å². The Hall–Kier alpha value is -3.02. The third-order valence-corrected chi connectivity index (χ3v) is 3.43. The maximum absolute atomic E-state index is 13.3. The molecule has 0 unspecified atom stereocenters. The lowest BCUT2D eigenvalue weighted by molar-refractivity contribution is 0.626. The van der Waals surface area contributed by atoms with Crippen LogP contribution in [0.25, 0.3) is 11.4 Å². The molecule has 3 aromatic rings. The van der Waals surface area contributed by atoms with E-state index in [1.54, 1.807) is 12.3 Å². The number of rotatable bonds is 6. The van der Waals surface area contributed by atoms with Crippen LogP contribution in [0.15, 0.2) is 54.7 Å². The zero-order valence-electron chi connectivity index (χ0n) is 14.2. The Labute approximate surface area is 146 Å². The van der Waals surface area contributed by atoms with E-state index in [0.29, 0.717) is 18.3 Å². The van der Waals surface area contributed by atoms with E-state index in [-0.39, 0.29) is 11.9 Å². The van der Waals surface area contributed by atoms with Gasteiger partial charge in [0.2, 0.25) is 5.95 Å². The summed E-state index contributed by atoms with van der Waals surface area (Å²) in [5.41, 5.74) is 2.34. The molecule has 6 heteroatoms. The van der Waals surface area contributed by atoms with Crippen molar-refractivity contribution in [2.75, 3.05) is 10.6 Å². The van der Waals surface area contributed by atoms with Gasteiger partial charge in [0.15, 0.2) is 0 Å². The highest BCUT2D eigenvalue weighted by atomic mass is 19.1. The molecular formula is C19H20FN5. The number of nitrogens with zero attached hydrogens (tertiary/aromatic N) is 3. The maximum Gasteiger partial charge on any atom is 0.225 e. The summed E-state index contributed by atoms with van der Waals surface area (Å²) in [5, 5.41) is 6.44. The predicted molar refractivity (Wildman–Crippen MR) is 97.7 cm³/mol. The zero-order chi connectivity index (χ0) is 17.6. The molecule has 0 spiro atoms. The van der Waals surface area contributed by atoms with Crippen LogP contribution in [0.2, 0.25) is 0 Å². The second-order valence-electron chi connectivity index (χ2n) is 5.96. The SMILES string of the molecule is CC(C)Nc1nc(NCc2cccc(F)c2)cc(-c2ccccn2)n1. The predicted octanol–water partition coefficient (Wildman–Crippen LogP) is 4.11. The van der Waals surface area contributed by atoms with Gasteiger partial charge in [0.05, 0.1) is 11.4 Å². The first-order valence-electron chi connectivity index (χ1n) is 8.15. The summed E-state index contributed by atoms with van der Waals surface area (Å²) in [6.45, 7) is 4.52. The van der Waals surface area contributed by atoms with Gasteiger partial charge in [0.1, 0.15) is 11.6 Å². The Bertz CT molecular complexity index is 836. The van der Waals surface area contributed by atoms with Crippen molar-refractivity contribution in [3.05, 3.63) is 66.1 Å². The topological polar surface area (TPSA) is 62.7 Å². The van der Waals surface area contributed by atoms with Crippen LogP contribution in [-0.4, -0.2) is 21.0 Å². The standard InChI is InChI=1S/C19H20FN5/c1-13(2)23-19-24-17(16-8-3-4-9-21-16)11-18(25-19)22-12-14-6-5-7-15(20)10-14/h3-11,13H,12H2,1-2H3,(H2,22,23,24,25). The van der Waals surface area contributed by atoms with Gasteiger partial charge in [-0.3, -0.25) is 4.98 Å². The molecule has 0 saturated carbocycles. The van der Waals surface area contributed by atoms with Gasteiger partial charge in [-0.1, -0.05) is 18.2 Å². The van der Waals surface area contributed by atoms with Gasteiger partial charge < -0.3 is 10.6 Å². The Kier molecular flexibility index (Phi) is 5.18. The molecule has 128 valence electrons. The Morgan fingerprint density at radius 3 is 2.60 bits per heavy atom. The highest BCUT2D eigenvalue weighted by Gasteiger charge is 2.08. The lowest BCUT2D eigenvalue weighted by Crippen LogP contribution is -2.14. The normalized spacial score (nSPS) is 10.7. The molecule has 2 N–H and O–H groups in total. The van der Waals surface area contributed by atoms with Gasteiger partial charge in [0.25, 0.3) is 0 Å². The summed E-state index contributed by atoms with van der Waals surface area (Å²) in [6, 6.07) is 14.2. The first kappa shape index (κ1) is 16.8. The molecule has 0 radical (unpaired) electrons. The van der Waals surface area contributed by atoms with Crippen molar-refractivity contribution in [3.63, 3.8) is 0 Å². The van der Waals surface area contributed by atoms with Crippen molar-refractivity contribution in [2.24, 2.45) is 0 Å². The number of nitrogens with one attached hydrogen (secondary N) is 2. The second kappa shape index (κ2) is 7.70. The fraction of sp³-hybridized carbons (Fsp3) is 0.211. The van der Waals surface area contributed by atoms with E-state index in [2.05, 4.69) is 25.6 Å². The summed E-state index contributed by atoms with van der Waals surface area (Å²) >= 11 is 0. The molecule has 3 rings (SSSR count). The number of anilines is 2. The highest BCUT2D eigenvalue weighted by molar-refractivity contribution is 5.61. The Morgan fingerprint density at radius 2 is 1.88 bits per heavy atom. The minimum Gasteiger partial charge on any atom is -0.366 e. The maximum atomic E-state index is 13.3. The van der Waals surface area contributed by atoms with Gasteiger partial charge in [-0.05, 0) is 43.7 Å². The van der Waals surface area contributed by atoms with Crippen LogP contribution in [-0.2, 0) is 6.54 Å². The Balaban J connectivity index is 1.86. The molecule has 0 aliphatic carbocycles. The lowest BCUT2D eigenvalue weighted by atomic mass is 10.2. The van der Waals surface area contributed by atoms with Gasteiger partial charge >= 0.3 is 0 Å². The molecule has 2 heterocycles. The second-order valence-corrected chi connectivity index (χ2v) is 5.96. The summed E-state index contributed by atoms with van der Waals surface area (Å²) in [7, 11) is 0. The molecule has 0 atom stereocenters. The van der Waals surface area contributed by atoms with Crippen LogP contribution < -0.4 is 10.6 Å². The van der Waals surface area contributed by atoms with Gasteiger partial charge in [0, 0.05) is 24.8 Å². The van der Waals surface area contributed by atoms with Crippen LogP contribution in [0.4, 0.5) is 16.2 Å². The molecule has 25 heavy (non-hydrogen) atoms. The number of hydrogen-bond donors (Lipinski definition) is 2. The minimum absolute atomic E-state index is 0.204. The first-order valence-corrected chi connectivity index (χ1v) is 8.15. The molecule has 5 nitrogen and oxygen atoms in total. The van der Waals surface area contributed by atoms with E-state index < -0.39 is 0 Å². The number of benzene rings is 1. The fourth-order valence-electron chi connectivity index (χ4n) is 2.35. The number of hydrogen-bond acceptors (Lipinski definition) is 5. The van der Waals surface area contributed by atoms with E-state index in [1.165, 1.54) is 12.1 Å². The third-order valence-electron chi connectivity index (χ3n) is 3.43. The van der Waals surface area contributed by atoms with Crippen molar-refractivity contribution in [1.82, 2.24) is 15.0 Å². The minimum atomic E-state index is -0.252. The van der Waals surface area contributed by atoms with E-state index in [4.69, 9.17) is 0 Å². The van der Waals surface area contributed by atoms with E-state index in [1.807, 2.05) is 44.2 Å². The van der Waals surface area contributed by atoms with E-state index >= 15 is 0 Å². The largest absolute Gasteiger partial charge is 0.366 e. The molecule has 0 amide bonds. The van der Waals surface area contributed by atoms with Crippen LogP contribution in [0.1, 0.15) is 19.4 Å². The molecule has 0 aliphatic rings. The smallest absolute Gasteiger partial charge is 0.225 e. The lowest BCUT2D eigenvalue weighted by Gasteiger charge is -2.13. The first-order chi connectivity index (χ1) is 12.1. The fourth-order valence-corrected chi connectivity index (χ4v) is 2.35. The summed E-state index contributed by atoms with van der Waals surface area (Å²) in [6.07, 6.45) is 1.73. The third kappa shape index (κ3) is 4.73. The van der Waals surface area contributed by atoms with Crippen LogP contribution in [0.3, 0.4) is 0 Å². The van der Waals surface area contributed by atoms with Crippen molar-refractivity contribution in [3.8, 4) is 11.4 Å². The molecular weight excluding hydrogens is 317 g/mol. The molecule has 0 fully saturated rings. The molecule has 2 aromatic heterocycles. The van der Waals surface area contributed by atoms with Crippen molar-refractivity contribution >= 4 is 11.8 Å². The summed E-state index contributed by atoms with van der Waals surface area (Å²) in [5.74, 6) is 0.932. The van der Waals surface area contributed by atoms with E-state index in [9.17, 15) is 4.39 Å². The zero-order valence-corrected chi connectivity index (χ0v) is 14.2. The number of halogens is 1. The number of aromatic nitrogens is 3. The van der Waals surface area contributed by atoms with Crippen LogP contribution in [0, 0.1) is 5.82 Å². The average molecular weight is 337 g/mol. The quantitative estimate of drug-likeness (QED) is 0.709.